The fraction of sp³-hybridized carbons (Fsp3) is 0.125. The molecule has 0 radical (unpaired) electrons. The second-order valence-electron chi connectivity index (χ2n) is 2.80. The molecule has 0 bridgehead atoms. The van der Waals surface area contributed by atoms with Gasteiger partial charge in [0.1, 0.15) is 4.83 Å². The maximum absolute atomic E-state index is 11.5. The van der Waals surface area contributed by atoms with Crippen LogP contribution in [0.2, 0.25) is 0 Å². The van der Waals surface area contributed by atoms with Crippen LogP contribution in [0.1, 0.15) is 9.67 Å². The average molecular weight is 210 g/mol. The van der Waals surface area contributed by atoms with E-state index in [1.165, 1.54) is 13.1 Å². The summed E-state index contributed by atoms with van der Waals surface area (Å²) in [5.41, 5.74) is -0.852. The highest BCUT2D eigenvalue weighted by atomic mass is 32.1. The summed E-state index contributed by atoms with van der Waals surface area (Å²) >= 11 is 1.10. The van der Waals surface area contributed by atoms with Crippen molar-refractivity contribution in [2.24, 2.45) is 7.05 Å². The van der Waals surface area contributed by atoms with Crippen molar-refractivity contribution in [1.29, 1.82) is 0 Å². The zero-order chi connectivity index (χ0) is 10.3. The average Bonchev–Trinajstić information content (AvgIpc) is 2.57. The van der Waals surface area contributed by atoms with Gasteiger partial charge in [0.2, 0.25) is 0 Å². The molecule has 0 aliphatic rings. The first kappa shape index (κ1) is 8.89. The van der Waals surface area contributed by atoms with Crippen LogP contribution in [0.25, 0.3) is 10.2 Å². The second kappa shape index (κ2) is 2.91. The molecule has 2 rings (SSSR count). The molecule has 0 aliphatic carbocycles. The van der Waals surface area contributed by atoms with Crippen LogP contribution in [0.4, 0.5) is 0 Å². The second-order valence-corrected chi connectivity index (χ2v) is 3.89. The molecule has 0 spiro atoms. The van der Waals surface area contributed by atoms with Gasteiger partial charge in [-0.25, -0.2) is 4.79 Å². The van der Waals surface area contributed by atoms with Crippen molar-refractivity contribution in [3.63, 3.8) is 0 Å². The molecule has 2 aromatic heterocycles. The Morgan fingerprint density at radius 3 is 2.86 bits per heavy atom. The summed E-state index contributed by atoms with van der Waals surface area (Å²) in [6.07, 6.45) is 0.655. The molecule has 0 saturated heterocycles. The lowest BCUT2D eigenvalue weighted by Crippen LogP contribution is -2.31. The molecule has 0 saturated carbocycles. The Bertz CT molecular complexity index is 620. The van der Waals surface area contributed by atoms with Crippen LogP contribution in [-0.2, 0) is 7.05 Å². The minimum atomic E-state index is -0.471. The lowest BCUT2D eigenvalue weighted by Gasteiger charge is -1.93. The van der Waals surface area contributed by atoms with E-state index in [9.17, 15) is 14.4 Å². The van der Waals surface area contributed by atoms with E-state index in [4.69, 9.17) is 0 Å². The summed E-state index contributed by atoms with van der Waals surface area (Å²) in [6, 6.07) is 1.48. The number of nitrogens with zero attached hydrogens (tertiary/aromatic N) is 1. The Morgan fingerprint density at radius 2 is 2.21 bits per heavy atom. The van der Waals surface area contributed by atoms with Gasteiger partial charge in [0, 0.05) is 7.05 Å². The van der Waals surface area contributed by atoms with Crippen LogP contribution in [0.3, 0.4) is 0 Å². The first-order chi connectivity index (χ1) is 6.63. The molecular formula is C8H6N2O3S. The highest BCUT2D eigenvalue weighted by molar-refractivity contribution is 7.20. The van der Waals surface area contributed by atoms with Gasteiger partial charge in [-0.15, -0.1) is 11.3 Å². The molecule has 1 N–H and O–H groups in total. The number of carbonyl (C=O) groups is 1. The highest BCUT2D eigenvalue weighted by Gasteiger charge is 2.07. The highest BCUT2D eigenvalue weighted by Crippen LogP contribution is 2.17. The third kappa shape index (κ3) is 1.12. The molecule has 0 amide bonds. The van der Waals surface area contributed by atoms with Gasteiger partial charge < -0.3 is 0 Å². The summed E-state index contributed by atoms with van der Waals surface area (Å²) < 4.78 is 0.976. The van der Waals surface area contributed by atoms with Crippen molar-refractivity contribution in [3.05, 3.63) is 31.8 Å². The minimum absolute atomic E-state index is 0.374. The molecule has 0 aromatic carbocycles. The van der Waals surface area contributed by atoms with Gasteiger partial charge in [-0.1, -0.05) is 0 Å². The van der Waals surface area contributed by atoms with Crippen molar-refractivity contribution in [3.8, 4) is 0 Å². The zero-order valence-corrected chi connectivity index (χ0v) is 8.05. The molecule has 0 unspecified atom stereocenters. The SMILES string of the molecule is Cn1c(=O)[nH]c2sc(C=O)cc2c1=O. The van der Waals surface area contributed by atoms with Crippen LogP contribution in [0, 0.1) is 0 Å². The predicted octanol–water partition coefficient (Wildman–Crippen LogP) is 0.101. The van der Waals surface area contributed by atoms with Crippen LogP contribution >= 0.6 is 11.3 Å². The van der Waals surface area contributed by atoms with Gasteiger partial charge in [-0.05, 0) is 6.07 Å². The summed E-state index contributed by atoms with van der Waals surface area (Å²) in [5.74, 6) is 0. The Balaban J connectivity index is 3.02. The molecule has 0 atom stereocenters. The first-order valence-electron chi connectivity index (χ1n) is 3.81. The maximum atomic E-state index is 11.5. The molecule has 0 aliphatic heterocycles. The molecule has 5 nitrogen and oxygen atoms in total. The monoisotopic (exact) mass is 210 g/mol. The fourth-order valence-corrected chi connectivity index (χ4v) is 2.03. The predicted molar refractivity (Wildman–Crippen MR) is 53.1 cm³/mol. The number of carbonyl (C=O) groups excluding carboxylic acids is 1. The van der Waals surface area contributed by atoms with Gasteiger partial charge in [-0.2, -0.15) is 0 Å². The maximum Gasteiger partial charge on any atom is 0.329 e. The van der Waals surface area contributed by atoms with Crippen LogP contribution in [0.5, 0.6) is 0 Å². The van der Waals surface area contributed by atoms with E-state index in [-0.39, 0.29) is 5.56 Å². The Hall–Kier alpha value is -1.69. The standard InChI is InChI=1S/C8H6N2O3S/c1-10-7(12)5-2-4(3-11)14-6(5)9-8(10)13/h2-3H,1H3,(H,9,13). The van der Waals surface area contributed by atoms with Crippen LogP contribution in [0.15, 0.2) is 15.7 Å². The largest absolute Gasteiger partial charge is 0.329 e. The van der Waals surface area contributed by atoms with E-state index in [0.29, 0.717) is 21.4 Å². The topological polar surface area (TPSA) is 71.9 Å². The fourth-order valence-electron chi connectivity index (χ4n) is 1.17. The molecule has 72 valence electrons. The van der Waals surface area contributed by atoms with Crippen LogP contribution in [-0.4, -0.2) is 15.8 Å². The van der Waals surface area contributed by atoms with Gasteiger partial charge in [0.25, 0.3) is 5.56 Å². The van der Waals surface area contributed by atoms with E-state index < -0.39 is 5.69 Å². The number of aldehydes is 1. The number of thiophene rings is 1. The van der Waals surface area contributed by atoms with Crippen molar-refractivity contribution in [1.82, 2.24) is 9.55 Å². The lowest BCUT2D eigenvalue weighted by molar-refractivity contribution is 0.112. The van der Waals surface area contributed by atoms with Crippen molar-refractivity contribution in [2.75, 3.05) is 0 Å². The number of H-pyrrole nitrogens is 1. The normalized spacial score (nSPS) is 10.6. The number of hydrogen-bond donors (Lipinski definition) is 1. The molecule has 6 heteroatoms. The Morgan fingerprint density at radius 1 is 1.50 bits per heavy atom. The molecule has 0 fully saturated rings. The number of rotatable bonds is 1. The number of aromatic amines is 1. The van der Waals surface area contributed by atoms with E-state index in [1.54, 1.807) is 0 Å². The molecule has 14 heavy (non-hydrogen) atoms. The third-order valence-corrected chi connectivity index (χ3v) is 2.90. The lowest BCUT2D eigenvalue weighted by atomic mass is 10.4. The van der Waals surface area contributed by atoms with E-state index in [0.717, 1.165) is 15.9 Å². The number of nitrogens with one attached hydrogen (secondary N) is 1. The number of hydrogen-bond acceptors (Lipinski definition) is 4. The molecular weight excluding hydrogens is 204 g/mol. The van der Waals surface area contributed by atoms with Gasteiger partial charge in [-0.3, -0.25) is 19.1 Å². The summed E-state index contributed by atoms with van der Waals surface area (Å²) in [4.78, 5) is 36.6. The first-order valence-corrected chi connectivity index (χ1v) is 4.63. The van der Waals surface area contributed by atoms with Gasteiger partial charge >= 0.3 is 5.69 Å². The van der Waals surface area contributed by atoms with E-state index >= 15 is 0 Å². The zero-order valence-electron chi connectivity index (χ0n) is 7.23. The van der Waals surface area contributed by atoms with E-state index in [1.807, 2.05) is 0 Å². The van der Waals surface area contributed by atoms with Crippen molar-refractivity contribution in [2.45, 2.75) is 0 Å². The summed E-state index contributed by atoms with van der Waals surface area (Å²) in [6.45, 7) is 0. The molecule has 2 aromatic rings. The molecule has 2 heterocycles. The summed E-state index contributed by atoms with van der Waals surface area (Å²) in [7, 11) is 1.39. The Kier molecular flexibility index (Phi) is 1.85. The summed E-state index contributed by atoms with van der Waals surface area (Å²) in [5, 5.41) is 0.374. The number of fused-ring (bicyclic) bond motifs is 1. The third-order valence-electron chi connectivity index (χ3n) is 1.93. The van der Waals surface area contributed by atoms with Crippen molar-refractivity contribution < 1.29 is 4.79 Å². The quantitative estimate of drug-likeness (QED) is 0.678. The van der Waals surface area contributed by atoms with Gasteiger partial charge in [0.15, 0.2) is 6.29 Å². The Labute approximate surface area is 81.6 Å². The minimum Gasteiger partial charge on any atom is -0.298 e. The van der Waals surface area contributed by atoms with Gasteiger partial charge in [0.05, 0.1) is 10.3 Å². The van der Waals surface area contributed by atoms with Crippen molar-refractivity contribution >= 4 is 27.8 Å². The smallest absolute Gasteiger partial charge is 0.298 e. The van der Waals surface area contributed by atoms with E-state index in [2.05, 4.69) is 4.98 Å². The van der Waals surface area contributed by atoms with Crippen LogP contribution < -0.4 is 11.2 Å². The number of aromatic nitrogens is 2.